The van der Waals surface area contributed by atoms with Gasteiger partial charge in [-0.25, -0.2) is 9.59 Å². The van der Waals surface area contributed by atoms with E-state index in [0.29, 0.717) is 11.1 Å². The van der Waals surface area contributed by atoms with Crippen molar-refractivity contribution in [2.75, 3.05) is 48.3 Å². The topological polar surface area (TPSA) is 441 Å². The number of phenols is 4. The number of rotatable bonds is 20. The Balaban J connectivity index is 1.11. The molecule has 4 heterocycles. The van der Waals surface area contributed by atoms with Crippen molar-refractivity contribution in [1.29, 1.82) is 0 Å². The van der Waals surface area contributed by atoms with Gasteiger partial charge in [0.15, 0.2) is 46.9 Å². The largest absolute Gasteiger partial charge is 0.571 e. The number of hydrogen-bond acceptors (Lipinski definition) is 28. The molecule has 3 saturated heterocycles. The number of allylic oxidation sites excluding steroid dienone is 2. The number of aromatic hydroxyl groups is 4. The van der Waals surface area contributed by atoms with Gasteiger partial charge in [0.2, 0.25) is 35.9 Å². The lowest BCUT2D eigenvalue weighted by Gasteiger charge is -2.46. The number of phenolic OH excluding ortho intramolecular Hbond substituents is 4. The van der Waals surface area contributed by atoms with Crippen LogP contribution in [0.3, 0.4) is 0 Å². The predicted molar refractivity (Wildman–Crippen MR) is 280 cm³/mol. The molecule has 8 rings (SSSR count). The van der Waals surface area contributed by atoms with Gasteiger partial charge in [-0.15, -0.1) is 0 Å². The number of ether oxygens (including phenoxy) is 13. The highest BCUT2D eigenvalue weighted by Crippen LogP contribution is 2.43. The number of esters is 2. The summed E-state index contributed by atoms with van der Waals surface area (Å²) in [6, 6.07) is 9.00. The molecule has 0 bridgehead atoms. The standard InChI is InChI=1S/C55H62O29/c1-72-31-11-22(12-32(73-2)41(31)62)5-9-39(60)76-20-37-44(65)47(68)50(71)54(82-37)84-52-48(69)45(66)38(21-77-40(61)10-6-23-13-33(74-3)42(63)34(14-23)75-4)83-55(52)80-35-18-26-29(78-51(35)24-7-8-27(58)28(59)15-24)16-25(57)17-30(26)79-53-49(70)46(67)43(64)36(19-56)81-53/h5-18,29,36-38,43-50,52-59,62-71H,19-21H2,1-4H3/p+1/b9-5+,10-6+/t29?,36-,37-,38-,43-,44-,45-,46+,47+,48+,49-,50-,52-,53-,54+,55+/m1/s1. The molecule has 3 aromatic carbocycles. The molecule has 3 fully saturated rings. The number of aliphatic hydroxyl groups excluding tert-OH is 10. The molecule has 0 radical (unpaired) electrons. The van der Waals surface area contributed by atoms with E-state index in [4.69, 9.17) is 61.6 Å². The lowest BCUT2D eigenvalue weighted by Crippen LogP contribution is -2.64. The van der Waals surface area contributed by atoms with E-state index in [0.717, 1.165) is 30.4 Å². The second-order valence-corrected chi connectivity index (χ2v) is 19.2. The van der Waals surface area contributed by atoms with Crippen LogP contribution in [0.25, 0.3) is 17.9 Å². The van der Waals surface area contributed by atoms with Gasteiger partial charge in [0.1, 0.15) is 91.9 Å². The van der Waals surface area contributed by atoms with E-state index < -0.39 is 147 Å². The maximum absolute atomic E-state index is 13.2. The van der Waals surface area contributed by atoms with Crippen molar-refractivity contribution in [1.82, 2.24) is 0 Å². The monoisotopic (exact) mass is 1190 g/mol. The maximum atomic E-state index is 13.2. The van der Waals surface area contributed by atoms with Gasteiger partial charge in [0, 0.05) is 30.4 Å². The minimum Gasteiger partial charge on any atom is -0.571 e. The van der Waals surface area contributed by atoms with Crippen LogP contribution in [0.15, 0.2) is 95.7 Å². The lowest BCUT2D eigenvalue weighted by molar-refractivity contribution is -0.363. The Morgan fingerprint density at radius 2 is 1.05 bits per heavy atom. The Morgan fingerprint density at radius 1 is 0.560 bits per heavy atom. The number of benzene rings is 3. The van der Waals surface area contributed by atoms with Gasteiger partial charge in [-0.05, 0) is 59.7 Å². The van der Waals surface area contributed by atoms with Crippen LogP contribution in [-0.4, -0.2) is 235 Å². The summed E-state index contributed by atoms with van der Waals surface area (Å²) in [5.41, 5.74) is 0.654. The molecule has 84 heavy (non-hydrogen) atoms. The first kappa shape index (κ1) is 62.2. The van der Waals surface area contributed by atoms with Gasteiger partial charge in [0.05, 0.1) is 52.3 Å². The molecular formula is C55H63O29+. The summed E-state index contributed by atoms with van der Waals surface area (Å²) < 4.78 is 72.1. The van der Waals surface area contributed by atoms with Crippen molar-refractivity contribution >= 4 is 29.8 Å². The molecule has 5 aliphatic rings. The zero-order valence-electron chi connectivity index (χ0n) is 44.9. The summed E-state index contributed by atoms with van der Waals surface area (Å²) >= 11 is 0. The molecule has 0 aromatic heterocycles. The molecule has 1 aliphatic carbocycles. The summed E-state index contributed by atoms with van der Waals surface area (Å²) in [5, 5.41) is 151. The van der Waals surface area contributed by atoms with Crippen LogP contribution >= 0.6 is 0 Å². The molecule has 16 atom stereocenters. The highest BCUT2D eigenvalue weighted by Gasteiger charge is 2.53. The van der Waals surface area contributed by atoms with Crippen LogP contribution in [0.2, 0.25) is 0 Å². The van der Waals surface area contributed by atoms with Crippen molar-refractivity contribution in [3.05, 3.63) is 112 Å². The Kier molecular flexibility index (Phi) is 19.8. The number of carbonyl (C=O) groups excluding carboxylic acids is 2. The van der Waals surface area contributed by atoms with Crippen molar-refractivity contribution in [2.45, 2.75) is 98.2 Å². The van der Waals surface area contributed by atoms with Gasteiger partial charge in [0.25, 0.3) is 0 Å². The zero-order valence-corrected chi connectivity index (χ0v) is 44.9. The number of methoxy groups -OCH3 is 4. The first-order chi connectivity index (χ1) is 40.1. The first-order valence-electron chi connectivity index (χ1n) is 25.5. The molecule has 0 spiro atoms. The van der Waals surface area contributed by atoms with Gasteiger partial charge in [-0.3, -0.25) is 0 Å². The molecule has 1 unspecified atom stereocenters. The highest BCUT2D eigenvalue weighted by molar-refractivity contribution is 5.88. The van der Waals surface area contributed by atoms with Crippen LogP contribution in [0.4, 0.5) is 0 Å². The molecule has 3 aromatic rings. The Labute approximate surface area is 476 Å². The minimum absolute atomic E-state index is 0.000551. The zero-order chi connectivity index (χ0) is 60.8. The highest BCUT2D eigenvalue weighted by atomic mass is 16.8. The van der Waals surface area contributed by atoms with E-state index in [2.05, 4.69) is 0 Å². The third-order valence-electron chi connectivity index (χ3n) is 13.8. The van der Waals surface area contributed by atoms with Crippen LogP contribution in [-0.2, 0) is 47.5 Å². The Morgan fingerprint density at radius 3 is 1.56 bits per heavy atom. The summed E-state index contributed by atoms with van der Waals surface area (Å²) in [7, 11) is 5.18. The van der Waals surface area contributed by atoms with Crippen LogP contribution in [0, 0.1) is 0 Å². The third kappa shape index (κ3) is 13.5. The Hall–Kier alpha value is -7.88. The summed E-state index contributed by atoms with van der Waals surface area (Å²) in [5.74, 6) is -5.10. The second kappa shape index (κ2) is 26.8. The predicted octanol–water partition coefficient (Wildman–Crippen LogP) is -1.63. The van der Waals surface area contributed by atoms with Crippen molar-refractivity contribution in [3.8, 4) is 46.0 Å². The number of aliphatic hydroxyl groups is 12. The van der Waals surface area contributed by atoms with Gasteiger partial charge >= 0.3 is 17.7 Å². The smallest absolute Gasteiger partial charge is 0.330 e. The van der Waals surface area contributed by atoms with E-state index in [-0.39, 0.29) is 62.9 Å². The summed E-state index contributed by atoms with van der Waals surface area (Å²) in [6.45, 7) is -2.44. The maximum Gasteiger partial charge on any atom is 0.330 e. The van der Waals surface area contributed by atoms with Gasteiger partial charge in [-0.1, -0.05) is 0 Å². The lowest BCUT2D eigenvalue weighted by atomic mass is 9.95. The molecule has 4 aliphatic heterocycles. The second-order valence-electron chi connectivity index (χ2n) is 19.2. The Bertz CT molecular complexity index is 3010. The van der Waals surface area contributed by atoms with Gasteiger partial charge < -0.3 is 133 Å². The van der Waals surface area contributed by atoms with E-state index in [1.807, 2.05) is 0 Å². The van der Waals surface area contributed by atoms with E-state index in [9.17, 15) is 81.1 Å². The van der Waals surface area contributed by atoms with Crippen LogP contribution in [0.5, 0.6) is 46.0 Å². The van der Waals surface area contributed by atoms with E-state index >= 15 is 0 Å². The molecule has 0 amide bonds. The molecule has 0 saturated carbocycles. The SMILES string of the molecule is COc1cc(/C=C/C(=O)OC[C@H]2O[C@@H](O[C@H]3[C@@H](OC4=C(c5ccc(O)c(O)c5)[OH+]C5C=C(O)C=C(O[C@@H]6O[C@H](CO)[C@@H](O)[C@H](O)[C@H]6O)C5=C4)O[C@H](COC(=O)/C=C/c4cc(OC)c(O)c(OC)c4)[C@@H](O)[C@@H]3O)[C@H](O)[C@@H](O)[C@@H]2O)cc(OC)c1O. The molecule has 29 heteroatoms. The van der Waals surface area contributed by atoms with Crippen molar-refractivity contribution in [2.24, 2.45) is 0 Å². The molecule has 29 nitrogen and oxygen atoms in total. The fourth-order valence-electron chi connectivity index (χ4n) is 9.21. The quantitative estimate of drug-likeness (QED) is 0.0261. The van der Waals surface area contributed by atoms with Crippen molar-refractivity contribution in [3.63, 3.8) is 0 Å². The fraction of sp³-hybridized carbons (Fsp3) is 0.418. The molecule has 456 valence electrons. The number of hydrogen-bond donors (Lipinski definition) is 14. The average Bonchev–Trinajstić information content (AvgIpc) is 2.63. The summed E-state index contributed by atoms with van der Waals surface area (Å²) in [6.07, 6.45) is -22.1. The van der Waals surface area contributed by atoms with E-state index in [1.54, 1.807) is 0 Å². The number of carbonyl (C=O) groups is 2. The molecular weight excluding hydrogens is 1120 g/mol. The van der Waals surface area contributed by atoms with Gasteiger partial charge in [-0.2, -0.15) is 0 Å². The normalized spacial score (nSPS) is 30.5. The number of fused-ring (bicyclic) bond motifs is 1. The minimum atomic E-state index is -2.18. The molecule has 15 N–H and O–H groups in total. The summed E-state index contributed by atoms with van der Waals surface area (Å²) in [4.78, 5) is 26.2. The average molecular weight is 1190 g/mol. The van der Waals surface area contributed by atoms with Crippen LogP contribution in [0.1, 0.15) is 16.7 Å². The fourth-order valence-corrected chi connectivity index (χ4v) is 9.21. The van der Waals surface area contributed by atoms with Crippen molar-refractivity contribution < 1.29 is 143 Å². The first-order valence-corrected chi connectivity index (χ1v) is 25.5. The third-order valence-corrected chi connectivity index (χ3v) is 13.8. The van der Waals surface area contributed by atoms with Crippen LogP contribution < -0.4 is 18.9 Å². The van der Waals surface area contributed by atoms with E-state index in [1.165, 1.54) is 83.1 Å².